The molecule has 82 valence electrons. The number of nitrogen functional groups attached to an aromatic ring is 1. The summed E-state index contributed by atoms with van der Waals surface area (Å²) in [4.78, 5) is 10.6. The molecule has 0 saturated carbocycles. The lowest BCUT2D eigenvalue weighted by atomic mass is 10.3. The predicted molar refractivity (Wildman–Crippen MR) is 60.6 cm³/mol. The topological polar surface area (TPSA) is 81.1 Å². The Morgan fingerprint density at radius 1 is 1.53 bits per heavy atom. The molecule has 1 aromatic rings. The van der Waals surface area contributed by atoms with E-state index in [4.69, 9.17) is 11.5 Å². The number of hydrogen-bond donors (Lipinski definition) is 2. The largest absolute Gasteiger partial charge is 0.368 e. The Bertz CT molecular complexity index is 352. The fourth-order valence-electron chi connectivity index (χ4n) is 1.84. The smallest absolute Gasteiger partial charge is 0.222 e. The molecule has 15 heavy (non-hydrogen) atoms. The van der Waals surface area contributed by atoms with Crippen molar-refractivity contribution in [2.45, 2.75) is 25.8 Å². The molecule has 1 fully saturated rings. The van der Waals surface area contributed by atoms with Crippen LogP contribution in [0.25, 0.3) is 0 Å². The van der Waals surface area contributed by atoms with Crippen LogP contribution in [0.5, 0.6) is 0 Å². The quantitative estimate of drug-likeness (QED) is 0.722. The van der Waals surface area contributed by atoms with Crippen LogP contribution in [-0.2, 0) is 6.42 Å². The van der Waals surface area contributed by atoms with E-state index in [1.54, 1.807) is 0 Å². The van der Waals surface area contributed by atoms with Gasteiger partial charge in [-0.15, -0.1) is 0 Å². The van der Waals surface area contributed by atoms with E-state index in [9.17, 15) is 0 Å². The van der Waals surface area contributed by atoms with Crippen LogP contribution in [0.15, 0.2) is 6.07 Å². The lowest BCUT2D eigenvalue weighted by Crippen LogP contribution is -2.27. The third-order valence-corrected chi connectivity index (χ3v) is 2.69. The molecule has 1 aliphatic rings. The second-order valence-corrected chi connectivity index (χ2v) is 3.92. The van der Waals surface area contributed by atoms with Crippen molar-refractivity contribution < 1.29 is 0 Å². The van der Waals surface area contributed by atoms with Crippen LogP contribution in [-0.4, -0.2) is 29.1 Å². The number of nitrogens with zero attached hydrogens (tertiary/aromatic N) is 3. The lowest BCUT2D eigenvalue weighted by Gasteiger charge is -2.17. The molecule has 1 aromatic heterocycles. The Hall–Kier alpha value is -1.36. The van der Waals surface area contributed by atoms with E-state index in [0.29, 0.717) is 5.95 Å². The first-order valence-corrected chi connectivity index (χ1v) is 5.33. The standard InChI is InChI=1S/C10H17N5/c1-2-8-5-9(14-10(12)13-8)15-4-3-7(11)6-15/h5,7H,2-4,6,11H2,1H3,(H2,12,13,14)/t7-/m1/s1. The zero-order chi connectivity index (χ0) is 10.8. The molecule has 0 amide bonds. The number of nitrogens with two attached hydrogens (primary N) is 2. The summed E-state index contributed by atoms with van der Waals surface area (Å²) >= 11 is 0. The molecule has 0 aliphatic carbocycles. The van der Waals surface area contributed by atoms with Crippen LogP contribution in [0, 0.1) is 0 Å². The van der Waals surface area contributed by atoms with E-state index in [1.807, 2.05) is 6.07 Å². The maximum absolute atomic E-state index is 5.85. The first-order valence-electron chi connectivity index (χ1n) is 5.33. The highest BCUT2D eigenvalue weighted by Crippen LogP contribution is 2.19. The van der Waals surface area contributed by atoms with E-state index in [-0.39, 0.29) is 6.04 Å². The fraction of sp³-hybridized carbons (Fsp3) is 0.600. The second kappa shape index (κ2) is 4.02. The predicted octanol–water partition coefficient (Wildman–Crippen LogP) is 0.159. The van der Waals surface area contributed by atoms with E-state index in [0.717, 1.165) is 37.4 Å². The van der Waals surface area contributed by atoms with Gasteiger partial charge in [0, 0.05) is 30.9 Å². The van der Waals surface area contributed by atoms with Gasteiger partial charge in [0.25, 0.3) is 0 Å². The molecule has 1 saturated heterocycles. The average Bonchev–Trinajstić information content (AvgIpc) is 2.64. The molecule has 5 heteroatoms. The van der Waals surface area contributed by atoms with Gasteiger partial charge in [0.2, 0.25) is 5.95 Å². The van der Waals surface area contributed by atoms with Gasteiger partial charge < -0.3 is 16.4 Å². The van der Waals surface area contributed by atoms with Gasteiger partial charge in [0.15, 0.2) is 0 Å². The number of aryl methyl sites for hydroxylation is 1. The zero-order valence-electron chi connectivity index (χ0n) is 8.98. The molecule has 5 nitrogen and oxygen atoms in total. The van der Waals surface area contributed by atoms with Gasteiger partial charge in [-0.1, -0.05) is 6.92 Å². The van der Waals surface area contributed by atoms with E-state index >= 15 is 0 Å². The monoisotopic (exact) mass is 207 g/mol. The minimum atomic E-state index is 0.256. The summed E-state index contributed by atoms with van der Waals surface area (Å²) in [5, 5.41) is 0. The average molecular weight is 207 g/mol. The highest BCUT2D eigenvalue weighted by molar-refractivity contribution is 5.44. The van der Waals surface area contributed by atoms with Gasteiger partial charge in [-0.2, -0.15) is 4.98 Å². The van der Waals surface area contributed by atoms with Crippen molar-refractivity contribution in [2.24, 2.45) is 5.73 Å². The first-order chi connectivity index (χ1) is 7.19. The second-order valence-electron chi connectivity index (χ2n) is 3.92. The van der Waals surface area contributed by atoms with Crippen LogP contribution < -0.4 is 16.4 Å². The molecule has 0 radical (unpaired) electrons. The SMILES string of the molecule is CCc1cc(N2CC[C@@H](N)C2)nc(N)n1. The van der Waals surface area contributed by atoms with Gasteiger partial charge in [0.1, 0.15) is 5.82 Å². The summed E-state index contributed by atoms with van der Waals surface area (Å²) in [5.41, 5.74) is 12.5. The van der Waals surface area contributed by atoms with Crippen LogP contribution in [0.3, 0.4) is 0 Å². The van der Waals surface area contributed by atoms with Crippen molar-refractivity contribution in [1.29, 1.82) is 0 Å². The molecule has 1 atom stereocenters. The number of anilines is 2. The minimum Gasteiger partial charge on any atom is -0.368 e. The third kappa shape index (κ3) is 2.18. The Balaban J connectivity index is 2.24. The maximum atomic E-state index is 5.85. The number of hydrogen-bond acceptors (Lipinski definition) is 5. The molecular weight excluding hydrogens is 190 g/mol. The van der Waals surface area contributed by atoms with Crippen LogP contribution >= 0.6 is 0 Å². The Morgan fingerprint density at radius 2 is 2.33 bits per heavy atom. The normalized spacial score (nSPS) is 20.9. The summed E-state index contributed by atoms with van der Waals surface area (Å²) in [6.45, 7) is 3.88. The highest BCUT2D eigenvalue weighted by Gasteiger charge is 2.20. The summed E-state index contributed by atoms with van der Waals surface area (Å²) in [6.07, 6.45) is 1.89. The van der Waals surface area contributed by atoms with Crippen LogP contribution in [0.2, 0.25) is 0 Å². The van der Waals surface area contributed by atoms with Crippen molar-refractivity contribution >= 4 is 11.8 Å². The molecule has 0 spiro atoms. The number of rotatable bonds is 2. The van der Waals surface area contributed by atoms with Gasteiger partial charge in [0.05, 0.1) is 0 Å². The van der Waals surface area contributed by atoms with E-state index in [2.05, 4.69) is 21.8 Å². The van der Waals surface area contributed by atoms with Gasteiger partial charge >= 0.3 is 0 Å². The Kier molecular flexibility index (Phi) is 2.73. The minimum absolute atomic E-state index is 0.256. The van der Waals surface area contributed by atoms with Crippen LogP contribution in [0.4, 0.5) is 11.8 Å². The third-order valence-electron chi connectivity index (χ3n) is 2.69. The zero-order valence-corrected chi connectivity index (χ0v) is 8.98. The molecule has 0 bridgehead atoms. The van der Waals surface area contributed by atoms with Gasteiger partial charge in [-0.25, -0.2) is 4.98 Å². The summed E-state index contributed by atoms with van der Waals surface area (Å²) in [5.74, 6) is 1.26. The van der Waals surface area contributed by atoms with Gasteiger partial charge in [-0.05, 0) is 12.8 Å². The first kappa shape index (κ1) is 10.2. The number of aromatic nitrogens is 2. The highest BCUT2D eigenvalue weighted by atomic mass is 15.2. The van der Waals surface area contributed by atoms with E-state index < -0.39 is 0 Å². The van der Waals surface area contributed by atoms with Crippen molar-refractivity contribution in [3.8, 4) is 0 Å². The van der Waals surface area contributed by atoms with Crippen molar-refractivity contribution in [1.82, 2.24) is 9.97 Å². The van der Waals surface area contributed by atoms with E-state index in [1.165, 1.54) is 0 Å². The summed E-state index contributed by atoms with van der Waals surface area (Å²) < 4.78 is 0. The van der Waals surface area contributed by atoms with Crippen molar-refractivity contribution in [3.63, 3.8) is 0 Å². The molecular formula is C10H17N5. The van der Waals surface area contributed by atoms with Crippen LogP contribution in [0.1, 0.15) is 19.0 Å². The molecule has 4 N–H and O–H groups in total. The summed E-state index contributed by atoms with van der Waals surface area (Å²) in [6, 6.07) is 2.25. The van der Waals surface area contributed by atoms with Crippen molar-refractivity contribution in [3.05, 3.63) is 11.8 Å². The summed E-state index contributed by atoms with van der Waals surface area (Å²) in [7, 11) is 0. The Morgan fingerprint density at radius 3 is 2.93 bits per heavy atom. The maximum Gasteiger partial charge on any atom is 0.222 e. The molecule has 2 rings (SSSR count). The lowest BCUT2D eigenvalue weighted by molar-refractivity contribution is 0.751. The van der Waals surface area contributed by atoms with Crippen molar-refractivity contribution in [2.75, 3.05) is 23.7 Å². The Labute approximate surface area is 89.5 Å². The molecule has 1 aliphatic heterocycles. The van der Waals surface area contributed by atoms with Gasteiger partial charge in [-0.3, -0.25) is 0 Å². The molecule has 0 unspecified atom stereocenters. The molecule has 2 heterocycles. The molecule has 0 aromatic carbocycles. The fourth-order valence-corrected chi connectivity index (χ4v) is 1.84.